The van der Waals surface area contributed by atoms with E-state index in [4.69, 9.17) is 11.6 Å². The maximum atomic E-state index is 12.8. The van der Waals surface area contributed by atoms with Gasteiger partial charge in [0.25, 0.3) is 0 Å². The van der Waals surface area contributed by atoms with E-state index in [0.717, 1.165) is 16.7 Å². The van der Waals surface area contributed by atoms with Crippen molar-refractivity contribution in [2.24, 2.45) is 0 Å². The van der Waals surface area contributed by atoms with Crippen molar-refractivity contribution >= 4 is 29.0 Å². The topological polar surface area (TPSA) is 17.1 Å². The van der Waals surface area contributed by atoms with Crippen LogP contribution in [0.1, 0.15) is 36.5 Å². The third kappa shape index (κ3) is 5.72. The van der Waals surface area contributed by atoms with E-state index >= 15 is 0 Å². The Morgan fingerprint density at radius 1 is 0.875 bits per heavy atom. The molecule has 0 saturated carbocycles. The first-order chi connectivity index (χ1) is 11.3. The molecule has 0 unspecified atom stereocenters. The van der Waals surface area contributed by atoms with Crippen molar-refractivity contribution in [2.45, 2.75) is 26.2 Å². The zero-order valence-corrected chi connectivity index (χ0v) is 17.0. The van der Waals surface area contributed by atoms with Gasteiger partial charge in [-0.15, -0.1) is 11.6 Å². The molecule has 132 valence electrons. The molecule has 0 spiro atoms. The summed E-state index contributed by atoms with van der Waals surface area (Å²) in [6.45, 7) is 5.99. The molecule has 3 heteroatoms. The van der Waals surface area contributed by atoms with Crippen LogP contribution in [0.15, 0.2) is 60.7 Å². The third-order valence-electron chi connectivity index (χ3n) is 4.13. The number of benzene rings is 2. The predicted molar refractivity (Wildman–Crippen MR) is 112 cm³/mol. The molecule has 0 fully saturated rings. The third-order valence-corrected chi connectivity index (χ3v) is 8.18. The number of halogens is 1. The minimum absolute atomic E-state index is 0.271. The van der Waals surface area contributed by atoms with Crippen LogP contribution in [-0.4, -0.2) is 31.4 Å². The molecule has 0 aromatic heterocycles. The second kappa shape index (κ2) is 9.35. The normalized spacial score (nSPS) is 12.5. The van der Waals surface area contributed by atoms with Crippen molar-refractivity contribution in [1.82, 2.24) is 0 Å². The summed E-state index contributed by atoms with van der Waals surface area (Å²) in [5.41, 5.74) is 1.08. The second-order valence-corrected chi connectivity index (χ2v) is 14.1. The fraction of sp³-hybridized carbons (Fsp3) is 0.381. The van der Waals surface area contributed by atoms with Gasteiger partial charge in [0.2, 0.25) is 0 Å². The maximum absolute atomic E-state index is 12.8. The number of hydrogen-bond donors (Lipinski definition) is 0. The van der Waals surface area contributed by atoms with Crippen LogP contribution >= 0.6 is 18.2 Å². The summed E-state index contributed by atoms with van der Waals surface area (Å²) in [7, 11) is 0. The van der Waals surface area contributed by atoms with Crippen LogP contribution in [0.2, 0.25) is 0 Å². The van der Waals surface area contributed by atoms with Crippen molar-refractivity contribution < 1.29 is 4.79 Å². The summed E-state index contributed by atoms with van der Waals surface area (Å²) in [5, 5.41) is 1.16. The van der Waals surface area contributed by atoms with Gasteiger partial charge in [-0.3, -0.25) is 0 Å². The van der Waals surface area contributed by atoms with E-state index in [1.54, 1.807) is 0 Å². The van der Waals surface area contributed by atoms with Gasteiger partial charge in [0.15, 0.2) is 0 Å². The summed E-state index contributed by atoms with van der Waals surface area (Å²) < 4.78 is 0. The minimum atomic E-state index is -2.54. The van der Waals surface area contributed by atoms with Crippen LogP contribution in [0.3, 0.4) is 0 Å². The monoisotopic (exact) mass is 364 g/mol. The molecule has 2 rings (SSSR count). The molecule has 1 nitrogen and oxygen atoms in total. The standard InChI is InChI=1S/C16H19OP.C5H11Cl/c1-18(2,3,15-12-8-5-9-13-15)16(17)14-10-6-4-7-11-14;1-2-3-4-5-6/h4-13H,1-3H3;2-5H2,1H3. The van der Waals surface area contributed by atoms with Gasteiger partial charge in [-0.2, -0.15) is 0 Å². The van der Waals surface area contributed by atoms with Crippen molar-refractivity contribution in [3.8, 4) is 0 Å². The molecule has 0 aliphatic heterocycles. The molecule has 0 amide bonds. The van der Waals surface area contributed by atoms with Crippen molar-refractivity contribution in [2.75, 3.05) is 25.9 Å². The Morgan fingerprint density at radius 2 is 1.38 bits per heavy atom. The van der Waals surface area contributed by atoms with Gasteiger partial charge < -0.3 is 0 Å². The van der Waals surface area contributed by atoms with Crippen molar-refractivity contribution in [3.63, 3.8) is 0 Å². The molecular weight excluding hydrogens is 335 g/mol. The Balaban J connectivity index is 0.000000413. The molecular formula is C21H30ClOP. The molecule has 0 atom stereocenters. The van der Waals surface area contributed by atoms with Gasteiger partial charge in [0.05, 0.1) is 0 Å². The quantitative estimate of drug-likeness (QED) is 0.348. The van der Waals surface area contributed by atoms with E-state index in [1.807, 2.05) is 48.5 Å². The van der Waals surface area contributed by atoms with E-state index in [0.29, 0.717) is 0 Å². The van der Waals surface area contributed by atoms with Gasteiger partial charge in [0.1, 0.15) is 0 Å². The summed E-state index contributed by atoms with van der Waals surface area (Å²) in [6, 6.07) is 19.7. The molecule has 2 aromatic carbocycles. The van der Waals surface area contributed by atoms with Crippen LogP contribution in [0.4, 0.5) is 0 Å². The zero-order valence-electron chi connectivity index (χ0n) is 15.3. The van der Waals surface area contributed by atoms with Gasteiger partial charge in [-0.25, -0.2) is 0 Å². The predicted octanol–water partition coefficient (Wildman–Crippen LogP) is 6.01. The fourth-order valence-corrected chi connectivity index (χ4v) is 5.14. The van der Waals surface area contributed by atoms with E-state index < -0.39 is 6.60 Å². The first-order valence-electron chi connectivity index (χ1n) is 8.54. The Kier molecular flexibility index (Phi) is 8.13. The number of alkyl halides is 1. The van der Waals surface area contributed by atoms with Gasteiger partial charge >= 0.3 is 108 Å². The van der Waals surface area contributed by atoms with E-state index in [2.05, 4.69) is 39.1 Å². The molecule has 0 N–H and O–H groups in total. The molecule has 0 aliphatic rings. The summed E-state index contributed by atoms with van der Waals surface area (Å²) >= 11 is 5.38. The second-order valence-electron chi connectivity index (χ2n) is 7.20. The summed E-state index contributed by atoms with van der Waals surface area (Å²) in [5.74, 6) is 0.827. The number of carbonyl (C=O) groups is 1. The zero-order chi connectivity index (χ0) is 18.1. The van der Waals surface area contributed by atoms with E-state index in [1.165, 1.54) is 19.3 Å². The molecule has 0 aliphatic carbocycles. The van der Waals surface area contributed by atoms with Crippen LogP contribution < -0.4 is 5.30 Å². The Hall–Kier alpha value is -1.17. The van der Waals surface area contributed by atoms with Crippen molar-refractivity contribution in [3.05, 3.63) is 66.2 Å². The summed E-state index contributed by atoms with van der Waals surface area (Å²) in [4.78, 5) is 12.8. The number of carbonyl (C=O) groups excluding carboxylic acids is 1. The number of rotatable bonds is 6. The van der Waals surface area contributed by atoms with Crippen LogP contribution in [0.25, 0.3) is 0 Å². The van der Waals surface area contributed by atoms with Crippen molar-refractivity contribution in [1.29, 1.82) is 0 Å². The van der Waals surface area contributed by atoms with E-state index in [-0.39, 0.29) is 5.52 Å². The molecule has 0 radical (unpaired) electrons. The van der Waals surface area contributed by atoms with E-state index in [9.17, 15) is 4.79 Å². The molecule has 0 heterocycles. The molecule has 24 heavy (non-hydrogen) atoms. The average Bonchev–Trinajstić information content (AvgIpc) is 2.61. The first-order valence-corrected chi connectivity index (χ1v) is 12.7. The number of hydrogen-bond acceptors (Lipinski definition) is 1. The van der Waals surface area contributed by atoms with Gasteiger partial charge in [-0.05, 0) is 6.42 Å². The summed E-state index contributed by atoms with van der Waals surface area (Å²) in [6.07, 6.45) is 3.73. The van der Waals surface area contributed by atoms with Crippen LogP contribution in [0.5, 0.6) is 0 Å². The van der Waals surface area contributed by atoms with Gasteiger partial charge in [-0.1, -0.05) is 19.8 Å². The average molecular weight is 365 g/mol. The SMILES string of the molecule is CCCCCCl.CP(C)(C)(C(=O)c1ccccc1)c1ccccc1. The van der Waals surface area contributed by atoms with Crippen LogP contribution in [-0.2, 0) is 0 Å². The Morgan fingerprint density at radius 3 is 1.79 bits per heavy atom. The fourth-order valence-electron chi connectivity index (χ4n) is 2.44. The molecule has 0 saturated heterocycles. The first kappa shape index (κ1) is 20.9. The molecule has 2 aromatic rings. The Labute approximate surface area is 152 Å². The van der Waals surface area contributed by atoms with Crippen LogP contribution in [0, 0.1) is 0 Å². The molecule has 0 bridgehead atoms. The number of unbranched alkanes of at least 4 members (excludes halogenated alkanes) is 2. The van der Waals surface area contributed by atoms with Gasteiger partial charge in [0, 0.05) is 5.88 Å². The Bertz CT molecular complexity index is 611.